The first-order chi connectivity index (χ1) is 6.66. The van der Waals surface area contributed by atoms with E-state index in [1.165, 1.54) is 18.9 Å². The molecule has 1 aliphatic carbocycles. The molecule has 0 bridgehead atoms. The van der Waals surface area contributed by atoms with Crippen LogP contribution in [0.1, 0.15) is 30.9 Å². The minimum Gasteiger partial charge on any atom is -0.504 e. The number of phenols is 2. The van der Waals surface area contributed by atoms with E-state index in [9.17, 15) is 5.11 Å². The van der Waals surface area contributed by atoms with Gasteiger partial charge in [-0.1, -0.05) is 18.9 Å². The maximum atomic E-state index is 9.29. The Morgan fingerprint density at radius 2 is 1.93 bits per heavy atom. The van der Waals surface area contributed by atoms with Crippen LogP contribution in [0.15, 0.2) is 18.2 Å². The maximum absolute atomic E-state index is 9.29. The standard InChI is InChI=1S/C11H15NO2.ClH/c12-9(5-7-1-2-7)8-3-4-10(13)11(14)6-8;/h3-4,6-7,9,13-14H,1-2,5,12H2;1H/t9-;/m1./s1. The van der Waals surface area contributed by atoms with Crippen LogP contribution in [0.3, 0.4) is 0 Å². The quantitative estimate of drug-likeness (QED) is 0.697. The van der Waals surface area contributed by atoms with Gasteiger partial charge in [0.25, 0.3) is 0 Å². The SMILES string of the molecule is Cl.N[C@H](CC1CC1)c1ccc(O)c(O)c1. The van der Waals surface area contributed by atoms with Gasteiger partial charge in [0.1, 0.15) is 0 Å². The second-order valence-corrected chi connectivity index (χ2v) is 4.03. The molecule has 2 rings (SSSR count). The van der Waals surface area contributed by atoms with E-state index in [1.807, 2.05) is 0 Å². The summed E-state index contributed by atoms with van der Waals surface area (Å²) in [6, 6.07) is 4.77. The van der Waals surface area contributed by atoms with Gasteiger partial charge in [-0.25, -0.2) is 0 Å². The van der Waals surface area contributed by atoms with Crippen molar-refractivity contribution in [3.8, 4) is 11.5 Å². The largest absolute Gasteiger partial charge is 0.504 e. The van der Waals surface area contributed by atoms with E-state index in [1.54, 1.807) is 12.1 Å². The second-order valence-electron chi connectivity index (χ2n) is 4.03. The van der Waals surface area contributed by atoms with Gasteiger partial charge >= 0.3 is 0 Å². The van der Waals surface area contributed by atoms with E-state index in [2.05, 4.69) is 0 Å². The first-order valence-electron chi connectivity index (χ1n) is 4.94. The van der Waals surface area contributed by atoms with E-state index in [4.69, 9.17) is 10.8 Å². The summed E-state index contributed by atoms with van der Waals surface area (Å²) in [5, 5.41) is 18.4. The fourth-order valence-corrected chi connectivity index (χ4v) is 1.62. The molecule has 1 aliphatic rings. The zero-order valence-corrected chi connectivity index (χ0v) is 9.20. The monoisotopic (exact) mass is 229 g/mol. The molecule has 0 aliphatic heterocycles. The average Bonchev–Trinajstić information content (AvgIpc) is 2.93. The van der Waals surface area contributed by atoms with Gasteiger partial charge in [0.2, 0.25) is 0 Å². The summed E-state index contributed by atoms with van der Waals surface area (Å²) >= 11 is 0. The molecule has 0 aromatic heterocycles. The van der Waals surface area contributed by atoms with Gasteiger partial charge in [0, 0.05) is 6.04 Å². The molecule has 1 saturated carbocycles. The molecule has 1 atom stereocenters. The summed E-state index contributed by atoms with van der Waals surface area (Å²) in [5.41, 5.74) is 6.86. The highest BCUT2D eigenvalue weighted by Crippen LogP contribution is 2.37. The summed E-state index contributed by atoms with van der Waals surface area (Å²) in [5.74, 6) is 0.585. The molecule has 0 heterocycles. The normalized spacial score (nSPS) is 16.9. The third-order valence-electron chi connectivity index (χ3n) is 2.71. The van der Waals surface area contributed by atoms with Crippen LogP contribution in [0, 0.1) is 5.92 Å². The van der Waals surface area contributed by atoms with Crippen LogP contribution in [0.5, 0.6) is 11.5 Å². The van der Waals surface area contributed by atoms with Crippen molar-refractivity contribution >= 4 is 12.4 Å². The number of benzene rings is 1. The minimum atomic E-state index is -0.0904. The second kappa shape index (κ2) is 4.73. The van der Waals surface area contributed by atoms with Crippen LogP contribution in [0.4, 0.5) is 0 Å². The number of rotatable bonds is 3. The molecule has 0 radical (unpaired) electrons. The van der Waals surface area contributed by atoms with Crippen LogP contribution in [-0.2, 0) is 0 Å². The molecule has 1 aromatic carbocycles. The Hall–Kier alpha value is -0.930. The number of nitrogens with two attached hydrogens (primary N) is 1. The van der Waals surface area contributed by atoms with Crippen LogP contribution in [0.25, 0.3) is 0 Å². The van der Waals surface area contributed by atoms with Gasteiger partial charge in [-0.05, 0) is 30.0 Å². The lowest BCUT2D eigenvalue weighted by atomic mass is 10.0. The molecule has 0 amide bonds. The molecule has 1 aromatic rings. The lowest BCUT2D eigenvalue weighted by Crippen LogP contribution is -2.10. The third kappa shape index (κ3) is 3.01. The zero-order valence-electron chi connectivity index (χ0n) is 8.39. The lowest BCUT2D eigenvalue weighted by Gasteiger charge is -2.11. The summed E-state index contributed by atoms with van der Waals surface area (Å²) < 4.78 is 0. The van der Waals surface area contributed by atoms with Crippen molar-refractivity contribution in [1.82, 2.24) is 0 Å². The van der Waals surface area contributed by atoms with Gasteiger partial charge in [0.05, 0.1) is 0 Å². The summed E-state index contributed by atoms with van der Waals surface area (Å²) in [4.78, 5) is 0. The lowest BCUT2D eigenvalue weighted by molar-refractivity contribution is 0.402. The number of hydrogen-bond donors (Lipinski definition) is 3. The smallest absolute Gasteiger partial charge is 0.157 e. The predicted octanol–water partition coefficient (Wildman–Crippen LogP) is 2.32. The fraction of sp³-hybridized carbons (Fsp3) is 0.455. The molecular weight excluding hydrogens is 214 g/mol. The Labute approximate surface area is 95.3 Å². The molecule has 0 spiro atoms. The van der Waals surface area contributed by atoms with Gasteiger partial charge in [-0.2, -0.15) is 0 Å². The van der Waals surface area contributed by atoms with E-state index >= 15 is 0 Å². The first kappa shape index (κ1) is 12.1. The fourth-order valence-electron chi connectivity index (χ4n) is 1.62. The summed E-state index contributed by atoms with van der Waals surface area (Å²) in [7, 11) is 0. The molecule has 15 heavy (non-hydrogen) atoms. The molecule has 84 valence electrons. The minimum absolute atomic E-state index is 0. The van der Waals surface area contributed by atoms with Crippen molar-refractivity contribution in [2.75, 3.05) is 0 Å². The topological polar surface area (TPSA) is 66.5 Å². The first-order valence-corrected chi connectivity index (χ1v) is 4.94. The van der Waals surface area contributed by atoms with Gasteiger partial charge < -0.3 is 15.9 Å². The Bertz CT molecular complexity index is 339. The number of aromatic hydroxyl groups is 2. The van der Waals surface area contributed by atoms with Crippen molar-refractivity contribution in [2.45, 2.75) is 25.3 Å². The van der Waals surface area contributed by atoms with Crippen LogP contribution in [-0.4, -0.2) is 10.2 Å². The van der Waals surface area contributed by atoms with Crippen molar-refractivity contribution < 1.29 is 10.2 Å². The van der Waals surface area contributed by atoms with Gasteiger partial charge in [-0.3, -0.25) is 0 Å². The Morgan fingerprint density at radius 1 is 1.27 bits per heavy atom. The average molecular weight is 230 g/mol. The highest BCUT2D eigenvalue weighted by Gasteiger charge is 2.24. The van der Waals surface area contributed by atoms with E-state index < -0.39 is 0 Å². The van der Waals surface area contributed by atoms with Crippen molar-refractivity contribution in [2.24, 2.45) is 11.7 Å². The summed E-state index contributed by atoms with van der Waals surface area (Å²) in [6.45, 7) is 0. The summed E-state index contributed by atoms with van der Waals surface area (Å²) in [6.07, 6.45) is 3.53. The highest BCUT2D eigenvalue weighted by atomic mass is 35.5. The van der Waals surface area contributed by atoms with Gasteiger partial charge in [0.15, 0.2) is 11.5 Å². The number of hydrogen-bond acceptors (Lipinski definition) is 3. The maximum Gasteiger partial charge on any atom is 0.157 e. The molecular formula is C11H16ClNO2. The molecule has 0 saturated heterocycles. The van der Waals surface area contributed by atoms with Crippen molar-refractivity contribution in [1.29, 1.82) is 0 Å². The van der Waals surface area contributed by atoms with E-state index in [0.717, 1.165) is 17.9 Å². The Morgan fingerprint density at radius 3 is 2.47 bits per heavy atom. The van der Waals surface area contributed by atoms with Crippen LogP contribution in [0.2, 0.25) is 0 Å². The van der Waals surface area contributed by atoms with E-state index in [-0.39, 0.29) is 29.9 Å². The highest BCUT2D eigenvalue weighted by molar-refractivity contribution is 5.85. The van der Waals surface area contributed by atoms with Gasteiger partial charge in [-0.15, -0.1) is 12.4 Å². The number of phenolic OH excluding ortho intramolecular Hbond substituents is 2. The van der Waals surface area contributed by atoms with Crippen LogP contribution < -0.4 is 5.73 Å². The van der Waals surface area contributed by atoms with E-state index in [0.29, 0.717) is 0 Å². The predicted molar refractivity (Wildman–Crippen MR) is 61.3 cm³/mol. The molecule has 0 unspecified atom stereocenters. The third-order valence-corrected chi connectivity index (χ3v) is 2.71. The van der Waals surface area contributed by atoms with Crippen molar-refractivity contribution in [3.05, 3.63) is 23.8 Å². The molecule has 3 nitrogen and oxygen atoms in total. The molecule has 4 heteroatoms. The van der Waals surface area contributed by atoms with Crippen molar-refractivity contribution in [3.63, 3.8) is 0 Å². The van der Waals surface area contributed by atoms with Crippen LogP contribution >= 0.6 is 12.4 Å². The Kier molecular flexibility index (Phi) is 3.83. The molecule has 1 fully saturated rings. The molecule has 4 N–H and O–H groups in total. The Balaban J connectivity index is 0.00000112. The zero-order chi connectivity index (χ0) is 10.1. The number of halogens is 1.